The molecule has 4 heteroatoms. The van der Waals surface area contributed by atoms with Crippen molar-refractivity contribution in [3.05, 3.63) is 24.2 Å². The molecule has 0 aromatic carbocycles. The molecule has 1 aromatic heterocycles. The van der Waals surface area contributed by atoms with Gasteiger partial charge in [0.25, 0.3) is 0 Å². The molecule has 1 heterocycles. The highest BCUT2D eigenvalue weighted by Gasteiger charge is 2.37. The van der Waals surface area contributed by atoms with Crippen LogP contribution in [0.2, 0.25) is 0 Å². The van der Waals surface area contributed by atoms with Crippen molar-refractivity contribution in [1.29, 1.82) is 0 Å². The van der Waals surface area contributed by atoms with Crippen molar-refractivity contribution in [3.63, 3.8) is 0 Å². The molecular formula is C14H21F2NO. The van der Waals surface area contributed by atoms with Crippen molar-refractivity contribution in [1.82, 2.24) is 5.32 Å². The van der Waals surface area contributed by atoms with Gasteiger partial charge < -0.3 is 9.73 Å². The number of rotatable bonds is 5. The normalized spacial score (nSPS) is 21.9. The zero-order valence-corrected chi connectivity index (χ0v) is 10.8. The first kappa shape index (κ1) is 13.5. The molecule has 1 aliphatic rings. The van der Waals surface area contributed by atoms with E-state index >= 15 is 0 Å². The number of hydrogen-bond donors (Lipinski definition) is 1. The maximum atomic E-state index is 13.2. The predicted octanol–water partition coefficient (Wildman–Crippen LogP) is 3.63. The van der Waals surface area contributed by atoms with E-state index in [1.54, 1.807) is 6.26 Å². The zero-order chi connectivity index (χ0) is 13.0. The minimum absolute atomic E-state index is 0.0255. The van der Waals surface area contributed by atoms with E-state index in [0.717, 1.165) is 18.7 Å². The van der Waals surface area contributed by atoms with Gasteiger partial charge in [0, 0.05) is 25.3 Å². The molecule has 0 saturated heterocycles. The molecule has 1 aliphatic carbocycles. The molecule has 1 aromatic rings. The van der Waals surface area contributed by atoms with Gasteiger partial charge in [-0.15, -0.1) is 0 Å². The van der Waals surface area contributed by atoms with E-state index in [4.69, 9.17) is 4.42 Å². The highest BCUT2D eigenvalue weighted by Crippen LogP contribution is 2.38. The standard InChI is InChI=1S/C14H21F2NO/c1-2-17-13(10-12-4-3-9-18-12)11-5-7-14(15,16)8-6-11/h3-4,9,11,13,17H,2,5-8,10H2,1H3. The van der Waals surface area contributed by atoms with Gasteiger partial charge in [-0.2, -0.15) is 0 Å². The first-order valence-electron chi connectivity index (χ1n) is 6.74. The first-order valence-corrected chi connectivity index (χ1v) is 6.74. The summed E-state index contributed by atoms with van der Waals surface area (Å²) < 4.78 is 31.7. The lowest BCUT2D eigenvalue weighted by Crippen LogP contribution is -2.41. The van der Waals surface area contributed by atoms with Gasteiger partial charge in [-0.1, -0.05) is 6.92 Å². The van der Waals surface area contributed by atoms with Crippen LogP contribution >= 0.6 is 0 Å². The van der Waals surface area contributed by atoms with E-state index in [1.165, 1.54) is 0 Å². The third kappa shape index (κ3) is 3.55. The number of alkyl halides is 2. The lowest BCUT2D eigenvalue weighted by atomic mass is 9.80. The lowest BCUT2D eigenvalue weighted by Gasteiger charge is -2.33. The monoisotopic (exact) mass is 257 g/mol. The second-order valence-corrected chi connectivity index (χ2v) is 5.14. The van der Waals surface area contributed by atoms with Crippen LogP contribution in [0.25, 0.3) is 0 Å². The Morgan fingerprint density at radius 3 is 2.72 bits per heavy atom. The topological polar surface area (TPSA) is 25.2 Å². The van der Waals surface area contributed by atoms with Crippen LogP contribution in [-0.4, -0.2) is 18.5 Å². The Labute approximate surface area is 107 Å². The van der Waals surface area contributed by atoms with Crippen LogP contribution in [0.3, 0.4) is 0 Å². The fourth-order valence-corrected chi connectivity index (χ4v) is 2.78. The van der Waals surface area contributed by atoms with Crippen LogP contribution in [0.1, 0.15) is 38.4 Å². The van der Waals surface area contributed by atoms with Crippen LogP contribution in [0, 0.1) is 5.92 Å². The maximum absolute atomic E-state index is 13.2. The van der Waals surface area contributed by atoms with E-state index < -0.39 is 5.92 Å². The summed E-state index contributed by atoms with van der Waals surface area (Å²) in [5.41, 5.74) is 0. The number of likely N-dealkylation sites (N-methyl/N-ethyl adjacent to an activating group) is 1. The Morgan fingerprint density at radius 2 is 2.17 bits per heavy atom. The van der Waals surface area contributed by atoms with Crippen LogP contribution in [0.4, 0.5) is 8.78 Å². The third-order valence-electron chi connectivity index (χ3n) is 3.80. The highest BCUT2D eigenvalue weighted by molar-refractivity contribution is 5.02. The summed E-state index contributed by atoms with van der Waals surface area (Å²) in [6.07, 6.45) is 3.70. The Kier molecular flexibility index (Phi) is 4.38. The number of halogens is 2. The second kappa shape index (κ2) is 5.83. The van der Waals surface area contributed by atoms with Crippen molar-refractivity contribution in [3.8, 4) is 0 Å². The van der Waals surface area contributed by atoms with Crippen molar-refractivity contribution < 1.29 is 13.2 Å². The fourth-order valence-electron chi connectivity index (χ4n) is 2.78. The molecule has 1 N–H and O–H groups in total. The van der Waals surface area contributed by atoms with Gasteiger partial charge in [0.2, 0.25) is 5.92 Å². The van der Waals surface area contributed by atoms with Crippen LogP contribution in [0.5, 0.6) is 0 Å². The number of nitrogens with one attached hydrogen (secondary N) is 1. The Morgan fingerprint density at radius 1 is 1.44 bits per heavy atom. The summed E-state index contributed by atoms with van der Waals surface area (Å²) in [7, 11) is 0. The molecule has 1 saturated carbocycles. The van der Waals surface area contributed by atoms with Crippen molar-refractivity contribution in [2.75, 3.05) is 6.54 Å². The molecule has 0 spiro atoms. The van der Waals surface area contributed by atoms with E-state index in [-0.39, 0.29) is 18.9 Å². The highest BCUT2D eigenvalue weighted by atomic mass is 19.3. The number of hydrogen-bond acceptors (Lipinski definition) is 2. The van der Waals surface area contributed by atoms with Gasteiger partial charge in [0.1, 0.15) is 5.76 Å². The van der Waals surface area contributed by atoms with E-state index in [1.807, 2.05) is 19.1 Å². The van der Waals surface area contributed by atoms with Crippen LogP contribution in [-0.2, 0) is 6.42 Å². The fraction of sp³-hybridized carbons (Fsp3) is 0.714. The molecule has 1 fully saturated rings. The molecule has 0 amide bonds. The van der Waals surface area contributed by atoms with Gasteiger partial charge in [0.15, 0.2) is 0 Å². The van der Waals surface area contributed by atoms with Gasteiger partial charge in [0.05, 0.1) is 6.26 Å². The van der Waals surface area contributed by atoms with E-state index in [2.05, 4.69) is 5.32 Å². The van der Waals surface area contributed by atoms with Crippen LogP contribution in [0.15, 0.2) is 22.8 Å². The third-order valence-corrected chi connectivity index (χ3v) is 3.80. The van der Waals surface area contributed by atoms with Crippen molar-refractivity contribution in [2.45, 2.75) is 51.0 Å². The lowest BCUT2D eigenvalue weighted by molar-refractivity contribution is -0.0496. The summed E-state index contributed by atoms with van der Waals surface area (Å²) in [6.45, 7) is 2.91. The SMILES string of the molecule is CCNC(Cc1ccco1)C1CCC(F)(F)CC1. The summed E-state index contributed by atoms with van der Waals surface area (Å²) in [6, 6.07) is 4.06. The molecule has 1 atom stereocenters. The Hall–Kier alpha value is -0.900. The van der Waals surface area contributed by atoms with Gasteiger partial charge >= 0.3 is 0 Å². The molecule has 18 heavy (non-hydrogen) atoms. The largest absolute Gasteiger partial charge is 0.469 e. The first-order chi connectivity index (χ1) is 8.61. The summed E-state index contributed by atoms with van der Waals surface area (Å²) in [5.74, 6) is -1.19. The average Bonchev–Trinajstić information content (AvgIpc) is 2.81. The van der Waals surface area contributed by atoms with E-state index in [0.29, 0.717) is 18.8 Å². The molecule has 2 rings (SSSR count). The predicted molar refractivity (Wildman–Crippen MR) is 66.8 cm³/mol. The quantitative estimate of drug-likeness (QED) is 0.871. The molecule has 1 unspecified atom stereocenters. The van der Waals surface area contributed by atoms with Gasteiger partial charge in [-0.25, -0.2) is 8.78 Å². The van der Waals surface area contributed by atoms with E-state index in [9.17, 15) is 8.78 Å². The van der Waals surface area contributed by atoms with Gasteiger partial charge in [-0.3, -0.25) is 0 Å². The molecule has 102 valence electrons. The van der Waals surface area contributed by atoms with Crippen LogP contribution < -0.4 is 5.32 Å². The minimum Gasteiger partial charge on any atom is -0.469 e. The Bertz CT molecular complexity index is 341. The zero-order valence-electron chi connectivity index (χ0n) is 10.8. The smallest absolute Gasteiger partial charge is 0.248 e. The van der Waals surface area contributed by atoms with Crippen molar-refractivity contribution in [2.24, 2.45) is 5.92 Å². The second-order valence-electron chi connectivity index (χ2n) is 5.14. The molecule has 2 nitrogen and oxygen atoms in total. The molecule has 0 aliphatic heterocycles. The maximum Gasteiger partial charge on any atom is 0.248 e. The summed E-state index contributed by atoms with van der Waals surface area (Å²) in [5, 5.41) is 3.41. The molecular weight excluding hydrogens is 236 g/mol. The van der Waals surface area contributed by atoms with Gasteiger partial charge in [-0.05, 0) is 37.4 Å². The Balaban J connectivity index is 1.93. The average molecular weight is 257 g/mol. The van der Waals surface area contributed by atoms with Crippen molar-refractivity contribution >= 4 is 0 Å². The summed E-state index contributed by atoms with van der Waals surface area (Å²) in [4.78, 5) is 0. The number of furan rings is 1. The molecule has 0 bridgehead atoms. The summed E-state index contributed by atoms with van der Waals surface area (Å²) >= 11 is 0. The molecule has 0 radical (unpaired) electrons. The minimum atomic E-state index is -2.45.